The zero-order valence-electron chi connectivity index (χ0n) is 16.9. The van der Waals surface area contributed by atoms with Crippen LogP contribution < -0.4 is 20.9 Å². The first kappa shape index (κ1) is 23.5. The smallest absolute Gasteiger partial charge is 0.294 e. The molecule has 1 aromatic carbocycles. The molecule has 0 aliphatic rings. The zero-order valence-corrected chi connectivity index (χ0v) is 18.4. The summed E-state index contributed by atoms with van der Waals surface area (Å²) in [5.41, 5.74) is 0.573. The molecule has 11 heteroatoms. The fourth-order valence-electron chi connectivity index (χ4n) is 3.04. The van der Waals surface area contributed by atoms with Crippen LogP contribution in [0, 0.1) is 5.21 Å². The van der Waals surface area contributed by atoms with Crippen LogP contribution in [-0.4, -0.2) is 33.7 Å². The Kier molecular flexibility index (Phi) is 8.04. The van der Waals surface area contributed by atoms with Crippen LogP contribution in [0.5, 0.6) is 0 Å². The van der Waals surface area contributed by atoms with E-state index in [1.54, 1.807) is 42.5 Å². The Balaban J connectivity index is 1.67. The van der Waals surface area contributed by atoms with E-state index in [0.29, 0.717) is 22.7 Å². The second kappa shape index (κ2) is 10.9. The lowest BCUT2D eigenvalue weighted by Gasteiger charge is -2.18. The van der Waals surface area contributed by atoms with Crippen molar-refractivity contribution in [1.82, 2.24) is 14.9 Å². The third-order valence-electron chi connectivity index (χ3n) is 4.65. The lowest BCUT2D eigenvalue weighted by atomic mass is 10.1. The molecule has 0 aliphatic heterocycles. The number of carbonyl (C=O) groups excluding carboxylic acids is 1. The van der Waals surface area contributed by atoms with Gasteiger partial charge in [0.25, 0.3) is 5.56 Å². The standard InChI is InChI=1S/C21H21Cl2N5O4/c22-15-5-3-4-14(10-15)17(13-29)26-19(30)12-27-18(23)11-25-20(21(27)31)24-8-7-16-6-1-2-9-28(16)32/h1-6,9-11,17,29H,7-8,12-13H2,(H,24,25)(H,26,30)/t17-/m1/s1. The summed E-state index contributed by atoms with van der Waals surface area (Å²) in [5, 5.41) is 27.3. The van der Waals surface area contributed by atoms with E-state index in [-0.39, 0.29) is 30.7 Å². The number of carbonyl (C=O) groups is 1. The molecular weight excluding hydrogens is 457 g/mol. The number of halogens is 2. The normalized spacial score (nSPS) is 11.7. The van der Waals surface area contributed by atoms with Gasteiger partial charge in [0.1, 0.15) is 11.7 Å². The van der Waals surface area contributed by atoms with Gasteiger partial charge in [0.15, 0.2) is 17.7 Å². The van der Waals surface area contributed by atoms with Gasteiger partial charge in [-0.05, 0) is 17.7 Å². The molecule has 1 atom stereocenters. The number of pyridine rings is 1. The van der Waals surface area contributed by atoms with Gasteiger partial charge < -0.3 is 20.9 Å². The molecule has 0 saturated carbocycles. The van der Waals surface area contributed by atoms with Crippen molar-refractivity contribution in [1.29, 1.82) is 0 Å². The van der Waals surface area contributed by atoms with Crippen LogP contribution in [0.1, 0.15) is 17.3 Å². The molecule has 0 saturated heterocycles. The van der Waals surface area contributed by atoms with Gasteiger partial charge in [0.2, 0.25) is 5.91 Å². The number of nitrogens with one attached hydrogen (secondary N) is 2. The Labute approximate surface area is 193 Å². The van der Waals surface area contributed by atoms with Crippen molar-refractivity contribution in [2.45, 2.75) is 19.0 Å². The molecule has 168 valence electrons. The SMILES string of the molecule is O=C(Cn1c(Cl)cnc(NCCc2cccc[n+]2[O-])c1=O)N[C@H](CO)c1cccc(Cl)c1. The molecule has 2 heterocycles. The number of anilines is 1. The molecule has 9 nitrogen and oxygen atoms in total. The summed E-state index contributed by atoms with van der Waals surface area (Å²) in [6, 6.07) is 11.1. The van der Waals surface area contributed by atoms with E-state index < -0.39 is 17.5 Å². The van der Waals surface area contributed by atoms with Gasteiger partial charge in [-0.25, -0.2) is 4.98 Å². The maximum Gasteiger partial charge on any atom is 0.294 e. The highest BCUT2D eigenvalue weighted by Gasteiger charge is 2.17. The van der Waals surface area contributed by atoms with Gasteiger partial charge in [-0.15, -0.1) is 0 Å². The fourth-order valence-corrected chi connectivity index (χ4v) is 3.43. The fraction of sp³-hybridized carbons (Fsp3) is 0.238. The molecular formula is C21H21Cl2N5O4. The van der Waals surface area contributed by atoms with Crippen LogP contribution in [-0.2, 0) is 17.8 Å². The van der Waals surface area contributed by atoms with E-state index in [1.165, 1.54) is 12.4 Å². The molecule has 32 heavy (non-hydrogen) atoms. The average molecular weight is 478 g/mol. The molecule has 0 radical (unpaired) electrons. The molecule has 3 rings (SSSR count). The highest BCUT2D eigenvalue weighted by atomic mass is 35.5. The number of hydrogen-bond donors (Lipinski definition) is 3. The van der Waals surface area contributed by atoms with Crippen LogP contribution in [0.3, 0.4) is 0 Å². The van der Waals surface area contributed by atoms with Crippen molar-refractivity contribution >= 4 is 34.9 Å². The van der Waals surface area contributed by atoms with E-state index in [9.17, 15) is 19.9 Å². The number of aromatic nitrogens is 3. The molecule has 2 aromatic heterocycles. The van der Waals surface area contributed by atoms with Crippen molar-refractivity contribution in [2.24, 2.45) is 0 Å². The minimum atomic E-state index is -0.695. The zero-order chi connectivity index (χ0) is 23.1. The van der Waals surface area contributed by atoms with E-state index in [0.717, 1.165) is 9.30 Å². The minimum Gasteiger partial charge on any atom is -0.619 e. The average Bonchev–Trinajstić information content (AvgIpc) is 2.77. The summed E-state index contributed by atoms with van der Waals surface area (Å²) in [6.45, 7) is -0.439. The molecule has 0 bridgehead atoms. The van der Waals surface area contributed by atoms with Crippen LogP contribution in [0.25, 0.3) is 0 Å². The summed E-state index contributed by atoms with van der Waals surface area (Å²) in [5.74, 6) is -0.522. The Hall–Kier alpha value is -3.14. The van der Waals surface area contributed by atoms with Crippen LogP contribution in [0.4, 0.5) is 5.82 Å². The Morgan fingerprint density at radius 2 is 2.06 bits per heavy atom. The van der Waals surface area contributed by atoms with Crippen molar-refractivity contribution < 1.29 is 14.6 Å². The molecule has 0 aliphatic carbocycles. The van der Waals surface area contributed by atoms with E-state index in [4.69, 9.17) is 23.2 Å². The second-order valence-corrected chi connectivity index (χ2v) is 7.70. The third kappa shape index (κ3) is 5.97. The number of nitrogens with zero attached hydrogens (tertiary/aromatic N) is 3. The number of hydrogen-bond acceptors (Lipinski definition) is 6. The monoisotopic (exact) mass is 477 g/mol. The topological polar surface area (TPSA) is 123 Å². The third-order valence-corrected chi connectivity index (χ3v) is 5.19. The summed E-state index contributed by atoms with van der Waals surface area (Å²) < 4.78 is 1.81. The predicted octanol–water partition coefficient (Wildman–Crippen LogP) is 1.69. The van der Waals surface area contributed by atoms with E-state index >= 15 is 0 Å². The summed E-state index contributed by atoms with van der Waals surface area (Å²) in [7, 11) is 0. The van der Waals surface area contributed by atoms with Crippen molar-refractivity contribution in [3.8, 4) is 0 Å². The second-order valence-electron chi connectivity index (χ2n) is 6.87. The first-order valence-corrected chi connectivity index (χ1v) is 10.5. The number of aliphatic hydroxyl groups excluding tert-OH is 1. The number of rotatable bonds is 9. The molecule has 0 unspecified atom stereocenters. The maximum absolute atomic E-state index is 12.7. The molecule has 3 N–H and O–H groups in total. The Bertz CT molecular complexity index is 1160. The Morgan fingerprint density at radius 3 is 2.78 bits per heavy atom. The number of benzene rings is 1. The van der Waals surface area contributed by atoms with E-state index in [1.807, 2.05) is 0 Å². The molecule has 1 amide bonds. The summed E-state index contributed by atoms with van der Waals surface area (Å²) in [6.07, 6.45) is 3.02. The van der Waals surface area contributed by atoms with Crippen molar-refractivity contribution in [2.75, 3.05) is 18.5 Å². The summed E-state index contributed by atoms with van der Waals surface area (Å²) in [4.78, 5) is 29.3. The highest BCUT2D eigenvalue weighted by Crippen LogP contribution is 2.17. The number of amides is 1. The van der Waals surface area contributed by atoms with Gasteiger partial charge in [0, 0.05) is 23.7 Å². The quantitative estimate of drug-likeness (QED) is 0.318. The van der Waals surface area contributed by atoms with Gasteiger partial charge >= 0.3 is 0 Å². The minimum absolute atomic E-state index is 0.00382. The van der Waals surface area contributed by atoms with Crippen molar-refractivity contribution in [3.05, 3.63) is 91.9 Å². The van der Waals surface area contributed by atoms with Crippen LogP contribution >= 0.6 is 23.2 Å². The highest BCUT2D eigenvalue weighted by molar-refractivity contribution is 6.30. The first-order chi connectivity index (χ1) is 15.4. The molecule has 3 aromatic rings. The van der Waals surface area contributed by atoms with Gasteiger partial charge in [-0.1, -0.05) is 41.4 Å². The predicted molar refractivity (Wildman–Crippen MR) is 121 cm³/mol. The largest absolute Gasteiger partial charge is 0.619 e. The first-order valence-electron chi connectivity index (χ1n) is 9.71. The van der Waals surface area contributed by atoms with Crippen LogP contribution in [0.15, 0.2) is 59.7 Å². The lowest BCUT2D eigenvalue weighted by Crippen LogP contribution is -2.37. The van der Waals surface area contributed by atoms with E-state index in [2.05, 4.69) is 15.6 Å². The van der Waals surface area contributed by atoms with Gasteiger partial charge in [-0.3, -0.25) is 14.2 Å². The summed E-state index contributed by atoms with van der Waals surface area (Å²) >= 11 is 12.1. The van der Waals surface area contributed by atoms with Gasteiger partial charge in [0.05, 0.1) is 25.3 Å². The molecule has 0 fully saturated rings. The number of aliphatic hydroxyl groups is 1. The Morgan fingerprint density at radius 1 is 1.25 bits per heavy atom. The van der Waals surface area contributed by atoms with Crippen LogP contribution in [0.2, 0.25) is 10.2 Å². The molecule has 0 spiro atoms. The lowest BCUT2D eigenvalue weighted by molar-refractivity contribution is -0.613. The maximum atomic E-state index is 12.7. The van der Waals surface area contributed by atoms with Crippen molar-refractivity contribution in [3.63, 3.8) is 0 Å². The van der Waals surface area contributed by atoms with Gasteiger partial charge in [-0.2, -0.15) is 4.73 Å².